The molecule has 0 radical (unpaired) electrons. The van der Waals surface area contributed by atoms with Crippen LogP contribution in [0.4, 0.5) is 5.69 Å². The maximum Gasteiger partial charge on any atom is 0.325 e. The van der Waals surface area contributed by atoms with Crippen LogP contribution in [0.1, 0.15) is 63.9 Å². The molecule has 1 heterocycles. The molecule has 1 aliphatic carbocycles. The highest BCUT2D eigenvalue weighted by molar-refractivity contribution is 9.10. The molecule has 3 rings (SSSR count). The van der Waals surface area contributed by atoms with E-state index < -0.39 is 0 Å². The molecule has 23 heavy (non-hydrogen) atoms. The monoisotopic (exact) mass is 379 g/mol. The van der Waals surface area contributed by atoms with Gasteiger partial charge in [-0.05, 0) is 55.9 Å². The van der Waals surface area contributed by atoms with Gasteiger partial charge in [0, 0.05) is 15.7 Å². The van der Waals surface area contributed by atoms with E-state index in [4.69, 9.17) is 4.74 Å². The summed E-state index contributed by atoms with van der Waals surface area (Å²) in [6, 6.07) is 6.48. The molecule has 0 amide bonds. The summed E-state index contributed by atoms with van der Waals surface area (Å²) in [6.45, 7) is 5.01. The minimum absolute atomic E-state index is 0.110. The normalized spacial score (nSPS) is 22.7. The lowest BCUT2D eigenvalue weighted by Gasteiger charge is -2.53. The van der Waals surface area contributed by atoms with Crippen LogP contribution in [0.5, 0.6) is 0 Å². The zero-order chi connectivity index (χ0) is 16.4. The lowest BCUT2D eigenvalue weighted by atomic mass is 9.70. The fraction of sp³-hybridized carbons (Fsp3) is 0.632. The van der Waals surface area contributed by atoms with Gasteiger partial charge < -0.3 is 9.64 Å². The second kappa shape index (κ2) is 6.84. The largest absolute Gasteiger partial charge is 0.465 e. The van der Waals surface area contributed by atoms with Gasteiger partial charge in [0.2, 0.25) is 0 Å². The molecule has 1 saturated carbocycles. The Labute approximate surface area is 147 Å². The van der Waals surface area contributed by atoms with E-state index in [2.05, 4.69) is 46.0 Å². The zero-order valence-corrected chi connectivity index (χ0v) is 15.7. The fourth-order valence-corrected chi connectivity index (χ4v) is 4.86. The number of rotatable bonds is 3. The van der Waals surface area contributed by atoms with E-state index in [1.54, 1.807) is 0 Å². The predicted octanol–water partition coefficient (Wildman–Crippen LogP) is 5.03. The lowest BCUT2D eigenvalue weighted by molar-refractivity contribution is -0.141. The van der Waals surface area contributed by atoms with Crippen LogP contribution in [0.3, 0.4) is 0 Å². The van der Waals surface area contributed by atoms with Gasteiger partial charge in [-0.3, -0.25) is 4.79 Å². The predicted molar refractivity (Wildman–Crippen MR) is 97.0 cm³/mol. The molecule has 0 saturated heterocycles. The van der Waals surface area contributed by atoms with Crippen LogP contribution >= 0.6 is 15.9 Å². The van der Waals surface area contributed by atoms with Crippen molar-refractivity contribution in [3.8, 4) is 0 Å². The first-order chi connectivity index (χ1) is 11.1. The maximum absolute atomic E-state index is 12.2. The Bertz CT molecular complexity index is 581. The summed E-state index contributed by atoms with van der Waals surface area (Å²) in [7, 11) is 0. The van der Waals surface area contributed by atoms with Crippen LogP contribution in [-0.2, 0) is 9.53 Å². The Morgan fingerprint density at radius 2 is 2.09 bits per heavy atom. The number of carbonyl (C=O) groups excluding carboxylic acids is 1. The van der Waals surface area contributed by atoms with Crippen LogP contribution in [0.15, 0.2) is 22.7 Å². The van der Waals surface area contributed by atoms with E-state index in [1.165, 1.54) is 43.4 Å². The standard InChI is InChI=1S/C19H26BrNO2/c1-3-23-18(22)13-21-17-8-7-15(20)11-16(17)14(2)12-19(21)9-5-4-6-10-19/h7-8,11,14H,3-6,9-10,12-13H2,1-2H3. The number of benzene rings is 1. The quantitative estimate of drug-likeness (QED) is 0.689. The van der Waals surface area contributed by atoms with Gasteiger partial charge in [0.05, 0.1) is 6.61 Å². The van der Waals surface area contributed by atoms with E-state index in [9.17, 15) is 4.79 Å². The summed E-state index contributed by atoms with van der Waals surface area (Å²) in [4.78, 5) is 14.6. The van der Waals surface area contributed by atoms with Crippen molar-refractivity contribution in [1.82, 2.24) is 0 Å². The molecule has 1 unspecified atom stereocenters. The van der Waals surface area contributed by atoms with Gasteiger partial charge in [-0.1, -0.05) is 42.1 Å². The van der Waals surface area contributed by atoms with Crippen molar-refractivity contribution in [3.63, 3.8) is 0 Å². The Hall–Kier alpha value is -1.03. The average Bonchev–Trinajstić information content (AvgIpc) is 2.53. The Balaban J connectivity index is 2.00. The molecule has 1 aliphatic heterocycles. The first-order valence-corrected chi connectivity index (χ1v) is 9.58. The Kier molecular flexibility index (Phi) is 5.00. The van der Waals surface area contributed by atoms with Gasteiger partial charge in [0.1, 0.15) is 6.54 Å². The van der Waals surface area contributed by atoms with Crippen LogP contribution in [-0.4, -0.2) is 24.7 Å². The molecule has 126 valence electrons. The van der Waals surface area contributed by atoms with E-state index in [0.29, 0.717) is 19.1 Å². The van der Waals surface area contributed by atoms with Gasteiger partial charge >= 0.3 is 5.97 Å². The number of fused-ring (bicyclic) bond motifs is 1. The van der Waals surface area contributed by atoms with Crippen LogP contribution in [0, 0.1) is 0 Å². The van der Waals surface area contributed by atoms with Crippen LogP contribution in [0.2, 0.25) is 0 Å². The molecule has 4 heteroatoms. The van der Waals surface area contributed by atoms with E-state index >= 15 is 0 Å². The van der Waals surface area contributed by atoms with Crippen molar-refractivity contribution in [3.05, 3.63) is 28.2 Å². The average molecular weight is 380 g/mol. The van der Waals surface area contributed by atoms with Crippen molar-refractivity contribution in [2.45, 2.75) is 63.8 Å². The van der Waals surface area contributed by atoms with Crippen molar-refractivity contribution < 1.29 is 9.53 Å². The second-order valence-corrected chi connectivity index (χ2v) is 7.90. The van der Waals surface area contributed by atoms with E-state index in [-0.39, 0.29) is 11.5 Å². The lowest BCUT2D eigenvalue weighted by Crippen LogP contribution is -2.55. The molecule has 0 N–H and O–H groups in total. The molecule has 1 fully saturated rings. The SMILES string of the molecule is CCOC(=O)CN1c2ccc(Br)cc2C(C)CC12CCCCC2. The Morgan fingerprint density at radius 1 is 1.35 bits per heavy atom. The fourth-order valence-electron chi connectivity index (χ4n) is 4.48. The number of hydrogen-bond acceptors (Lipinski definition) is 3. The molecular formula is C19H26BrNO2. The summed E-state index contributed by atoms with van der Waals surface area (Å²) < 4.78 is 6.36. The van der Waals surface area contributed by atoms with Gasteiger partial charge in [0.15, 0.2) is 0 Å². The molecule has 0 aromatic heterocycles. The summed E-state index contributed by atoms with van der Waals surface area (Å²) in [5, 5.41) is 0. The summed E-state index contributed by atoms with van der Waals surface area (Å²) >= 11 is 3.59. The van der Waals surface area contributed by atoms with Crippen molar-refractivity contribution in [2.24, 2.45) is 0 Å². The second-order valence-electron chi connectivity index (χ2n) is 6.98. The van der Waals surface area contributed by atoms with Gasteiger partial charge in [-0.2, -0.15) is 0 Å². The molecule has 2 aliphatic rings. The topological polar surface area (TPSA) is 29.5 Å². The third-order valence-electron chi connectivity index (χ3n) is 5.45. The first kappa shape index (κ1) is 16.8. The number of esters is 1. The highest BCUT2D eigenvalue weighted by atomic mass is 79.9. The van der Waals surface area contributed by atoms with Crippen molar-refractivity contribution >= 4 is 27.6 Å². The summed E-state index contributed by atoms with van der Waals surface area (Å²) in [5.41, 5.74) is 2.70. The molecular weight excluding hydrogens is 354 g/mol. The molecule has 1 aromatic carbocycles. The van der Waals surface area contributed by atoms with Crippen LogP contribution in [0.25, 0.3) is 0 Å². The first-order valence-electron chi connectivity index (χ1n) is 8.78. The number of carbonyl (C=O) groups is 1. The van der Waals surface area contributed by atoms with E-state index in [0.717, 1.165) is 10.9 Å². The van der Waals surface area contributed by atoms with Crippen molar-refractivity contribution in [1.29, 1.82) is 0 Å². The van der Waals surface area contributed by atoms with E-state index in [1.807, 2.05) is 6.92 Å². The minimum atomic E-state index is -0.110. The van der Waals surface area contributed by atoms with Gasteiger partial charge in [-0.25, -0.2) is 0 Å². The highest BCUT2D eigenvalue weighted by Gasteiger charge is 2.44. The number of ether oxygens (including phenoxy) is 1. The molecule has 0 bridgehead atoms. The minimum Gasteiger partial charge on any atom is -0.465 e. The third-order valence-corrected chi connectivity index (χ3v) is 5.94. The molecule has 1 spiro atoms. The number of anilines is 1. The van der Waals surface area contributed by atoms with Crippen LogP contribution < -0.4 is 4.90 Å². The van der Waals surface area contributed by atoms with Crippen molar-refractivity contribution in [2.75, 3.05) is 18.1 Å². The number of halogens is 1. The zero-order valence-electron chi connectivity index (χ0n) is 14.1. The molecule has 3 nitrogen and oxygen atoms in total. The molecule has 1 aromatic rings. The number of hydrogen-bond donors (Lipinski definition) is 0. The van der Waals surface area contributed by atoms with Gasteiger partial charge in [0.25, 0.3) is 0 Å². The number of nitrogens with zero attached hydrogens (tertiary/aromatic N) is 1. The Morgan fingerprint density at radius 3 is 2.78 bits per heavy atom. The van der Waals surface area contributed by atoms with Gasteiger partial charge in [-0.15, -0.1) is 0 Å². The summed E-state index contributed by atoms with van der Waals surface area (Å²) in [5.74, 6) is 0.417. The highest BCUT2D eigenvalue weighted by Crippen LogP contribution is 2.49. The third kappa shape index (κ3) is 3.28. The molecule has 1 atom stereocenters. The summed E-state index contributed by atoms with van der Waals surface area (Å²) in [6.07, 6.45) is 7.35. The maximum atomic E-state index is 12.2. The smallest absolute Gasteiger partial charge is 0.325 e.